The lowest BCUT2D eigenvalue weighted by molar-refractivity contribution is -0.144. The maximum atomic E-state index is 13.3. The molecule has 1 atom stereocenters. The molecular formula is C13H20F2O2. The van der Waals surface area contributed by atoms with Crippen molar-refractivity contribution in [3.05, 3.63) is 0 Å². The number of unbranched alkanes of at least 4 members (excludes halogenated alkanes) is 1. The highest BCUT2D eigenvalue weighted by Gasteiger charge is 2.37. The van der Waals surface area contributed by atoms with Gasteiger partial charge in [-0.05, 0) is 25.2 Å². The minimum Gasteiger partial charge on any atom is -0.300 e. The summed E-state index contributed by atoms with van der Waals surface area (Å²) in [5.74, 6) is -3.78. The molecule has 98 valence electrons. The Labute approximate surface area is 101 Å². The third-order valence-electron chi connectivity index (χ3n) is 3.38. The van der Waals surface area contributed by atoms with Crippen LogP contribution in [0.3, 0.4) is 0 Å². The molecule has 2 nitrogen and oxygen atoms in total. The quantitative estimate of drug-likeness (QED) is 0.688. The van der Waals surface area contributed by atoms with Gasteiger partial charge in [0.1, 0.15) is 5.78 Å². The minimum absolute atomic E-state index is 0.0886. The Morgan fingerprint density at radius 3 is 2.71 bits per heavy atom. The summed E-state index contributed by atoms with van der Waals surface area (Å²) < 4.78 is 26.7. The molecule has 1 aliphatic rings. The van der Waals surface area contributed by atoms with Gasteiger partial charge in [0.15, 0.2) is 0 Å². The van der Waals surface area contributed by atoms with E-state index in [2.05, 4.69) is 0 Å². The first-order chi connectivity index (χ1) is 7.95. The Balaban J connectivity index is 2.30. The van der Waals surface area contributed by atoms with E-state index in [4.69, 9.17) is 0 Å². The summed E-state index contributed by atoms with van der Waals surface area (Å²) in [4.78, 5) is 22.4. The number of alkyl halides is 2. The molecule has 0 unspecified atom stereocenters. The largest absolute Gasteiger partial charge is 0.305 e. The van der Waals surface area contributed by atoms with Crippen LogP contribution in [0.25, 0.3) is 0 Å². The van der Waals surface area contributed by atoms with Crippen LogP contribution in [0.5, 0.6) is 0 Å². The lowest BCUT2D eigenvalue weighted by Crippen LogP contribution is -2.28. The van der Waals surface area contributed by atoms with E-state index >= 15 is 0 Å². The zero-order valence-electron chi connectivity index (χ0n) is 10.3. The van der Waals surface area contributed by atoms with Crippen molar-refractivity contribution in [3.8, 4) is 0 Å². The lowest BCUT2D eigenvalue weighted by Gasteiger charge is -2.15. The first kappa shape index (κ1) is 14.3. The van der Waals surface area contributed by atoms with E-state index in [9.17, 15) is 18.4 Å². The molecule has 0 aliphatic heterocycles. The minimum atomic E-state index is -3.17. The Morgan fingerprint density at radius 1 is 1.47 bits per heavy atom. The van der Waals surface area contributed by atoms with Crippen LogP contribution in [-0.2, 0) is 9.59 Å². The molecule has 4 heteroatoms. The van der Waals surface area contributed by atoms with E-state index in [1.165, 1.54) is 0 Å². The van der Waals surface area contributed by atoms with Crippen LogP contribution in [0.15, 0.2) is 0 Å². The predicted molar refractivity (Wildman–Crippen MR) is 61.1 cm³/mol. The van der Waals surface area contributed by atoms with Gasteiger partial charge in [-0.15, -0.1) is 0 Å². The van der Waals surface area contributed by atoms with Crippen LogP contribution in [0.2, 0.25) is 0 Å². The van der Waals surface area contributed by atoms with Crippen molar-refractivity contribution in [2.45, 2.75) is 64.2 Å². The molecule has 0 N–H and O–H groups in total. The Hall–Kier alpha value is -0.800. The summed E-state index contributed by atoms with van der Waals surface area (Å²) in [6.45, 7) is 1.82. The average molecular weight is 246 g/mol. The number of ketones is 2. The fourth-order valence-electron chi connectivity index (χ4n) is 2.19. The normalized spacial score (nSPS) is 20.9. The number of carbonyl (C=O) groups excluding carboxylic acids is 2. The van der Waals surface area contributed by atoms with Crippen LogP contribution < -0.4 is 0 Å². The van der Waals surface area contributed by atoms with Crippen molar-refractivity contribution >= 4 is 11.6 Å². The molecule has 1 fully saturated rings. The fourth-order valence-corrected chi connectivity index (χ4v) is 2.19. The van der Waals surface area contributed by atoms with E-state index in [1.54, 1.807) is 0 Å². The van der Waals surface area contributed by atoms with Crippen LogP contribution in [-0.4, -0.2) is 17.5 Å². The van der Waals surface area contributed by atoms with Gasteiger partial charge < -0.3 is 0 Å². The topological polar surface area (TPSA) is 34.1 Å². The van der Waals surface area contributed by atoms with Crippen molar-refractivity contribution in [2.75, 3.05) is 0 Å². The van der Waals surface area contributed by atoms with Crippen LogP contribution in [0.1, 0.15) is 58.3 Å². The van der Waals surface area contributed by atoms with E-state index in [0.29, 0.717) is 32.1 Å². The third kappa shape index (κ3) is 4.52. The zero-order valence-corrected chi connectivity index (χ0v) is 10.3. The van der Waals surface area contributed by atoms with Crippen molar-refractivity contribution in [2.24, 2.45) is 5.92 Å². The van der Waals surface area contributed by atoms with Crippen LogP contribution in [0.4, 0.5) is 8.78 Å². The van der Waals surface area contributed by atoms with Gasteiger partial charge in [-0.1, -0.05) is 13.3 Å². The van der Waals surface area contributed by atoms with E-state index in [0.717, 1.165) is 6.42 Å². The van der Waals surface area contributed by atoms with E-state index in [-0.39, 0.29) is 24.5 Å². The van der Waals surface area contributed by atoms with Crippen LogP contribution >= 0.6 is 0 Å². The Kier molecular flexibility index (Phi) is 5.22. The van der Waals surface area contributed by atoms with Crippen molar-refractivity contribution in [1.29, 1.82) is 0 Å². The third-order valence-corrected chi connectivity index (χ3v) is 3.38. The zero-order chi connectivity index (χ0) is 12.9. The summed E-state index contributed by atoms with van der Waals surface area (Å²) in [5, 5.41) is 0. The summed E-state index contributed by atoms with van der Waals surface area (Å²) in [5.41, 5.74) is 0. The Bertz CT molecular complexity index is 287. The molecule has 0 aromatic carbocycles. The summed E-state index contributed by atoms with van der Waals surface area (Å²) >= 11 is 0. The molecule has 0 saturated heterocycles. The Morgan fingerprint density at radius 2 is 2.18 bits per heavy atom. The first-order valence-corrected chi connectivity index (χ1v) is 6.38. The van der Waals surface area contributed by atoms with Gasteiger partial charge in [-0.3, -0.25) is 9.59 Å². The van der Waals surface area contributed by atoms with Crippen LogP contribution in [0, 0.1) is 5.92 Å². The molecule has 0 aromatic heterocycles. The van der Waals surface area contributed by atoms with Crippen molar-refractivity contribution in [1.82, 2.24) is 0 Å². The van der Waals surface area contributed by atoms with Gasteiger partial charge in [0.2, 0.25) is 5.78 Å². The summed E-state index contributed by atoms with van der Waals surface area (Å²) in [6, 6.07) is 0. The monoisotopic (exact) mass is 246 g/mol. The smallest absolute Gasteiger partial charge is 0.300 e. The van der Waals surface area contributed by atoms with Gasteiger partial charge in [0, 0.05) is 25.7 Å². The standard InChI is InChI=1S/C13H20F2O2/c1-2-3-8-13(14,15)12(17)7-5-10-4-6-11(16)9-10/h10H,2-9H2,1H3/t10-/m1/s1. The van der Waals surface area contributed by atoms with Gasteiger partial charge in [-0.2, -0.15) is 8.78 Å². The SMILES string of the molecule is CCCCC(F)(F)C(=O)CC[C@H]1CCC(=O)C1. The number of Topliss-reactive ketones (excluding diaryl/α,β-unsaturated/α-hetero) is 2. The van der Waals surface area contributed by atoms with Gasteiger partial charge in [0.05, 0.1) is 0 Å². The number of carbonyl (C=O) groups is 2. The second kappa shape index (κ2) is 6.22. The molecular weight excluding hydrogens is 226 g/mol. The predicted octanol–water partition coefficient (Wildman–Crippen LogP) is 3.53. The van der Waals surface area contributed by atoms with E-state index in [1.807, 2.05) is 6.92 Å². The molecule has 0 spiro atoms. The first-order valence-electron chi connectivity index (χ1n) is 6.38. The molecule has 1 aliphatic carbocycles. The number of rotatable bonds is 7. The number of hydrogen-bond acceptors (Lipinski definition) is 2. The molecule has 0 amide bonds. The highest BCUT2D eigenvalue weighted by Crippen LogP contribution is 2.29. The molecule has 0 aromatic rings. The molecule has 1 saturated carbocycles. The lowest BCUT2D eigenvalue weighted by atomic mass is 9.96. The fraction of sp³-hybridized carbons (Fsp3) is 0.846. The average Bonchev–Trinajstić information content (AvgIpc) is 2.69. The molecule has 1 rings (SSSR count). The maximum Gasteiger partial charge on any atom is 0.305 e. The molecule has 17 heavy (non-hydrogen) atoms. The van der Waals surface area contributed by atoms with Gasteiger partial charge in [0.25, 0.3) is 0 Å². The highest BCUT2D eigenvalue weighted by atomic mass is 19.3. The number of halogens is 2. The maximum absolute atomic E-state index is 13.3. The van der Waals surface area contributed by atoms with Gasteiger partial charge in [-0.25, -0.2) is 0 Å². The summed E-state index contributed by atoms with van der Waals surface area (Å²) in [6.07, 6.45) is 2.82. The molecule has 0 heterocycles. The summed E-state index contributed by atoms with van der Waals surface area (Å²) in [7, 11) is 0. The van der Waals surface area contributed by atoms with E-state index < -0.39 is 11.7 Å². The second-order valence-electron chi connectivity index (χ2n) is 4.92. The molecule has 0 radical (unpaired) electrons. The highest BCUT2D eigenvalue weighted by molar-refractivity contribution is 5.85. The van der Waals surface area contributed by atoms with Crippen molar-refractivity contribution < 1.29 is 18.4 Å². The second-order valence-corrected chi connectivity index (χ2v) is 4.92. The van der Waals surface area contributed by atoms with Gasteiger partial charge >= 0.3 is 5.92 Å². The number of hydrogen-bond donors (Lipinski definition) is 0. The van der Waals surface area contributed by atoms with Crippen molar-refractivity contribution in [3.63, 3.8) is 0 Å². The molecule has 0 bridgehead atoms.